The summed E-state index contributed by atoms with van der Waals surface area (Å²) >= 11 is 0. The van der Waals surface area contributed by atoms with Gasteiger partial charge in [0.25, 0.3) is 5.91 Å². The van der Waals surface area contributed by atoms with Gasteiger partial charge in [0.15, 0.2) is 5.76 Å². The van der Waals surface area contributed by atoms with Gasteiger partial charge in [-0.25, -0.2) is 0 Å². The zero-order valence-electron chi connectivity index (χ0n) is 9.46. The minimum Gasteiger partial charge on any atom is -0.455 e. The smallest absolute Gasteiger partial charge is 0.286 e. The molecule has 1 aromatic rings. The molecular formula is C11H18N2O2. The van der Waals surface area contributed by atoms with Crippen molar-refractivity contribution in [2.24, 2.45) is 0 Å². The summed E-state index contributed by atoms with van der Waals surface area (Å²) in [5.74, 6) is 0.956. The standard InChI is InChI=1S/C11H18N2O2/c1-4-8(2)13-7-9-5-6-10(15-9)11(14)12-3/h5-6,8,13H,4,7H2,1-3H3,(H,12,14)/t8-/m0/s1. The highest BCUT2D eigenvalue weighted by Crippen LogP contribution is 2.07. The maximum atomic E-state index is 11.2. The summed E-state index contributed by atoms with van der Waals surface area (Å²) in [6.45, 7) is 4.89. The van der Waals surface area contributed by atoms with E-state index in [2.05, 4.69) is 24.5 Å². The van der Waals surface area contributed by atoms with Crippen LogP contribution in [0.1, 0.15) is 36.6 Å². The predicted octanol–water partition coefficient (Wildman–Crippen LogP) is 1.53. The molecule has 15 heavy (non-hydrogen) atoms. The molecule has 1 rings (SSSR count). The first-order valence-corrected chi connectivity index (χ1v) is 5.21. The van der Waals surface area contributed by atoms with Crippen LogP contribution in [0.2, 0.25) is 0 Å². The summed E-state index contributed by atoms with van der Waals surface area (Å²) in [7, 11) is 1.59. The largest absolute Gasteiger partial charge is 0.455 e. The van der Waals surface area contributed by atoms with E-state index in [0.29, 0.717) is 18.3 Å². The van der Waals surface area contributed by atoms with Crippen LogP contribution < -0.4 is 10.6 Å². The zero-order valence-corrected chi connectivity index (χ0v) is 9.46. The Bertz CT molecular complexity index is 320. The van der Waals surface area contributed by atoms with Crippen molar-refractivity contribution in [2.75, 3.05) is 7.05 Å². The third-order valence-electron chi connectivity index (χ3n) is 2.35. The van der Waals surface area contributed by atoms with Crippen molar-refractivity contribution in [3.63, 3.8) is 0 Å². The molecular weight excluding hydrogens is 192 g/mol. The fourth-order valence-corrected chi connectivity index (χ4v) is 1.14. The van der Waals surface area contributed by atoms with Gasteiger partial charge < -0.3 is 15.1 Å². The van der Waals surface area contributed by atoms with E-state index in [4.69, 9.17) is 4.42 Å². The molecule has 0 saturated heterocycles. The molecule has 1 heterocycles. The molecule has 0 bridgehead atoms. The highest BCUT2D eigenvalue weighted by Gasteiger charge is 2.09. The van der Waals surface area contributed by atoms with E-state index in [9.17, 15) is 4.79 Å². The zero-order chi connectivity index (χ0) is 11.3. The highest BCUT2D eigenvalue weighted by atomic mass is 16.4. The van der Waals surface area contributed by atoms with Crippen molar-refractivity contribution in [3.8, 4) is 0 Å². The van der Waals surface area contributed by atoms with Gasteiger partial charge in [-0.1, -0.05) is 6.92 Å². The second-order valence-electron chi connectivity index (χ2n) is 3.54. The first-order valence-electron chi connectivity index (χ1n) is 5.21. The van der Waals surface area contributed by atoms with Gasteiger partial charge in [0.1, 0.15) is 5.76 Å². The Kier molecular flexibility index (Phi) is 4.37. The summed E-state index contributed by atoms with van der Waals surface area (Å²) in [5.41, 5.74) is 0. The Morgan fingerprint density at radius 3 is 2.87 bits per heavy atom. The summed E-state index contributed by atoms with van der Waals surface area (Å²) in [4.78, 5) is 11.2. The molecule has 0 aliphatic heterocycles. The lowest BCUT2D eigenvalue weighted by Crippen LogP contribution is -2.24. The summed E-state index contributed by atoms with van der Waals surface area (Å²) in [6, 6.07) is 3.96. The maximum Gasteiger partial charge on any atom is 0.286 e. The monoisotopic (exact) mass is 210 g/mol. The Morgan fingerprint density at radius 2 is 2.27 bits per heavy atom. The Hall–Kier alpha value is -1.29. The summed E-state index contributed by atoms with van der Waals surface area (Å²) in [6.07, 6.45) is 1.07. The molecule has 1 aromatic heterocycles. The normalized spacial score (nSPS) is 12.5. The molecule has 0 spiro atoms. The van der Waals surface area contributed by atoms with Crippen molar-refractivity contribution in [1.82, 2.24) is 10.6 Å². The molecule has 0 aliphatic carbocycles. The van der Waals surface area contributed by atoms with Gasteiger partial charge >= 0.3 is 0 Å². The predicted molar refractivity (Wildman–Crippen MR) is 58.7 cm³/mol. The lowest BCUT2D eigenvalue weighted by Gasteiger charge is -2.08. The van der Waals surface area contributed by atoms with Crippen LogP contribution in [0.15, 0.2) is 16.5 Å². The van der Waals surface area contributed by atoms with E-state index in [1.54, 1.807) is 13.1 Å². The molecule has 0 saturated carbocycles. The van der Waals surface area contributed by atoms with Crippen LogP contribution in [0.25, 0.3) is 0 Å². The van der Waals surface area contributed by atoms with E-state index in [1.807, 2.05) is 6.07 Å². The van der Waals surface area contributed by atoms with E-state index in [0.717, 1.165) is 12.2 Å². The number of nitrogens with one attached hydrogen (secondary N) is 2. The van der Waals surface area contributed by atoms with Gasteiger partial charge in [0.2, 0.25) is 0 Å². The van der Waals surface area contributed by atoms with E-state index < -0.39 is 0 Å². The first kappa shape index (κ1) is 11.8. The number of amides is 1. The third kappa shape index (κ3) is 3.40. The Balaban J connectivity index is 2.49. The molecule has 2 N–H and O–H groups in total. The minimum atomic E-state index is -0.190. The quantitative estimate of drug-likeness (QED) is 0.775. The van der Waals surface area contributed by atoms with E-state index in [1.165, 1.54) is 0 Å². The Morgan fingerprint density at radius 1 is 1.53 bits per heavy atom. The SMILES string of the molecule is CC[C@H](C)NCc1ccc(C(=O)NC)o1. The van der Waals surface area contributed by atoms with Crippen LogP contribution in [0.5, 0.6) is 0 Å². The maximum absolute atomic E-state index is 11.2. The fourth-order valence-electron chi connectivity index (χ4n) is 1.14. The van der Waals surface area contributed by atoms with Crippen LogP contribution >= 0.6 is 0 Å². The van der Waals surface area contributed by atoms with E-state index in [-0.39, 0.29) is 5.91 Å². The fraction of sp³-hybridized carbons (Fsp3) is 0.545. The van der Waals surface area contributed by atoms with Gasteiger partial charge in [0.05, 0.1) is 6.54 Å². The van der Waals surface area contributed by atoms with Gasteiger partial charge in [-0.05, 0) is 25.5 Å². The average molecular weight is 210 g/mol. The molecule has 4 nitrogen and oxygen atoms in total. The number of furan rings is 1. The van der Waals surface area contributed by atoms with Crippen molar-refractivity contribution in [1.29, 1.82) is 0 Å². The lowest BCUT2D eigenvalue weighted by molar-refractivity contribution is 0.0933. The number of hydrogen-bond donors (Lipinski definition) is 2. The number of carbonyl (C=O) groups excluding carboxylic acids is 1. The summed E-state index contributed by atoms with van der Waals surface area (Å²) < 4.78 is 5.36. The van der Waals surface area contributed by atoms with Crippen molar-refractivity contribution in [3.05, 3.63) is 23.7 Å². The van der Waals surface area contributed by atoms with Crippen LogP contribution in [0, 0.1) is 0 Å². The Labute approximate surface area is 90.0 Å². The van der Waals surface area contributed by atoms with Crippen molar-refractivity contribution < 1.29 is 9.21 Å². The third-order valence-corrected chi connectivity index (χ3v) is 2.35. The van der Waals surface area contributed by atoms with Crippen molar-refractivity contribution in [2.45, 2.75) is 32.9 Å². The van der Waals surface area contributed by atoms with Crippen molar-refractivity contribution >= 4 is 5.91 Å². The molecule has 0 aliphatic rings. The van der Waals surface area contributed by atoms with Gasteiger partial charge in [0, 0.05) is 13.1 Å². The number of carbonyl (C=O) groups is 1. The second-order valence-corrected chi connectivity index (χ2v) is 3.54. The minimum absolute atomic E-state index is 0.190. The summed E-state index contributed by atoms with van der Waals surface area (Å²) in [5, 5.41) is 5.81. The van der Waals surface area contributed by atoms with Crippen LogP contribution in [0.3, 0.4) is 0 Å². The number of hydrogen-bond acceptors (Lipinski definition) is 3. The molecule has 4 heteroatoms. The molecule has 0 fully saturated rings. The topological polar surface area (TPSA) is 54.3 Å². The average Bonchev–Trinajstić information content (AvgIpc) is 2.73. The molecule has 0 aromatic carbocycles. The van der Waals surface area contributed by atoms with Crippen LogP contribution in [-0.2, 0) is 6.54 Å². The molecule has 0 unspecified atom stereocenters. The van der Waals surface area contributed by atoms with E-state index >= 15 is 0 Å². The van der Waals surface area contributed by atoms with Crippen LogP contribution in [-0.4, -0.2) is 19.0 Å². The van der Waals surface area contributed by atoms with Crippen LogP contribution in [0.4, 0.5) is 0 Å². The molecule has 84 valence electrons. The molecule has 1 atom stereocenters. The second kappa shape index (κ2) is 5.56. The highest BCUT2D eigenvalue weighted by molar-refractivity contribution is 5.91. The van der Waals surface area contributed by atoms with Gasteiger partial charge in [-0.3, -0.25) is 4.79 Å². The van der Waals surface area contributed by atoms with Gasteiger partial charge in [-0.15, -0.1) is 0 Å². The lowest BCUT2D eigenvalue weighted by atomic mass is 10.2. The first-order chi connectivity index (χ1) is 7.17. The molecule has 1 amide bonds. The molecule has 0 radical (unpaired) electrons. The van der Waals surface area contributed by atoms with Gasteiger partial charge in [-0.2, -0.15) is 0 Å². The number of rotatable bonds is 5.